The Bertz CT molecular complexity index is 507. The largest absolute Gasteiger partial charge is 0.493 e. The van der Waals surface area contributed by atoms with Crippen LogP contribution in [0.5, 0.6) is 11.5 Å². The standard InChI is InChI=1S/C16H20O4/c1-11(17)20-14-7-5-4-6-13(14)12-8-9-15(18-2)16(10-12)19-3/h4,6,8-10,13-14H,5,7H2,1-3H3/t13-,14+/m0/s1. The molecule has 4 nitrogen and oxygen atoms in total. The van der Waals surface area contributed by atoms with Crippen LogP contribution in [-0.2, 0) is 9.53 Å². The summed E-state index contributed by atoms with van der Waals surface area (Å²) in [6.07, 6.45) is 5.88. The van der Waals surface area contributed by atoms with Crippen LogP contribution in [0.15, 0.2) is 30.4 Å². The van der Waals surface area contributed by atoms with Crippen LogP contribution in [0.25, 0.3) is 0 Å². The minimum Gasteiger partial charge on any atom is -0.493 e. The van der Waals surface area contributed by atoms with Gasteiger partial charge in [-0.25, -0.2) is 0 Å². The van der Waals surface area contributed by atoms with Gasteiger partial charge in [0, 0.05) is 12.8 Å². The molecule has 2 atom stereocenters. The van der Waals surface area contributed by atoms with E-state index in [-0.39, 0.29) is 18.0 Å². The van der Waals surface area contributed by atoms with E-state index in [4.69, 9.17) is 14.2 Å². The van der Waals surface area contributed by atoms with Crippen molar-refractivity contribution in [2.75, 3.05) is 14.2 Å². The second-order valence-corrected chi connectivity index (χ2v) is 4.79. The molecule has 1 aromatic rings. The average molecular weight is 276 g/mol. The quantitative estimate of drug-likeness (QED) is 0.626. The maximum absolute atomic E-state index is 11.2. The third-order valence-electron chi connectivity index (χ3n) is 3.47. The summed E-state index contributed by atoms with van der Waals surface area (Å²) in [6.45, 7) is 1.45. The number of hydrogen-bond donors (Lipinski definition) is 0. The van der Waals surface area contributed by atoms with Gasteiger partial charge in [0.25, 0.3) is 0 Å². The van der Waals surface area contributed by atoms with E-state index in [1.54, 1.807) is 14.2 Å². The van der Waals surface area contributed by atoms with Gasteiger partial charge in [-0.1, -0.05) is 18.2 Å². The van der Waals surface area contributed by atoms with E-state index < -0.39 is 0 Å². The van der Waals surface area contributed by atoms with Gasteiger partial charge in [0.15, 0.2) is 11.5 Å². The van der Waals surface area contributed by atoms with E-state index in [0.29, 0.717) is 11.5 Å². The van der Waals surface area contributed by atoms with E-state index >= 15 is 0 Å². The maximum Gasteiger partial charge on any atom is 0.302 e. The molecule has 0 aliphatic heterocycles. The Morgan fingerprint density at radius 1 is 1.20 bits per heavy atom. The zero-order chi connectivity index (χ0) is 14.5. The van der Waals surface area contributed by atoms with Gasteiger partial charge < -0.3 is 14.2 Å². The van der Waals surface area contributed by atoms with Gasteiger partial charge >= 0.3 is 5.97 Å². The third kappa shape index (κ3) is 3.13. The van der Waals surface area contributed by atoms with Crippen LogP contribution in [0.2, 0.25) is 0 Å². The first-order valence-corrected chi connectivity index (χ1v) is 6.71. The summed E-state index contributed by atoms with van der Waals surface area (Å²) in [5.41, 5.74) is 1.06. The van der Waals surface area contributed by atoms with Gasteiger partial charge in [-0.2, -0.15) is 0 Å². The lowest BCUT2D eigenvalue weighted by molar-refractivity contribution is -0.147. The molecular weight excluding hydrogens is 256 g/mol. The van der Waals surface area contributed by atoms with Crippen LogP contribution in [-0.4, -0.2) is 26.3 Å². The molecule has 0 bridgehead atoms. The molecule has 0 N–H and O–H groups in total. The number of methoxy groups -OCH3 is 2. The van der Waals surface area contributed by atoms with Crippen LogP contribution < -0.4 is 9.47 Å². The lowest BCUT2D eigenvalue weighted by Crippen LogP contribution is -2.25. The van der Waals surface area contributed by atoms with Gasteiger partial charge in [0.1, 0.15) is 6.10 Å². The van der Waals surface area contributed by atoms with Gasteiger partial charge in [-0.3, -0.25) is 4.79 Å². The molecule has 0 fully saturated rings. The van der Waals surface area contributed by atoms with E-state index in [9.17, 15) is 4.79 Å². The number of allylic oxidation sites excluding steroid dienone is 1. The van der Waals surface area contributed by atoms with Crippen molar-refractivity contribution in [3.63, 3.8) is 0 Å². The van der Waals surface area contributed by atoms with Crippen LogP contribution in [0.1, 0.15) is 31.2 Å². The molecule has 0 heterocycles. The predicted octanol–water partition coefficient (Wildman–Crippen LogP) is 3.07. The van der Waals surface area contributed by atoms with Crippen LogP contribution in [0, 0.1) is 0 Å². The fourth-order valence-electron chi connectivity index (χ4n) is 2.54. The molecule has 1 aliphatic carbocycles. The highest BCUT2D eigenvalue weighted by molar-refractivity contribution is 5.66. The smallest absolute Gasteiger partial charge is 0.302 e. The molecule has 0 amide bonds. The fraction of sp³-hybridized carbons (Fsp3) is 0.438. The second kappa shape index (κ2) is 6.46. The van der Waals surface area contributed by atoms with Gasteiger partial charge in [0.2, 0.25) is 0 Å². The maximum atomic E-state index is 11.2. The Kier molecular flexibility index (Phi) is 4.66. The van der Waals surface area contributed by atoms with E-state index in [1.807, 2.05) is 18.2 Å². The highest BCUT2D eigenvalue weighted by Gasteiger charge is 2.26. The first kappa shape index (κ1) is 14.4. The van der Waals surface area contributed by atoms with Crippen LogP contribution in [0.4, 0.5) is 0 Å². The summed E-state index contributed by atoms with van der Waals surface area (Å²) in [4.78, 5) is 11.2. The SMILES string of the molecule is COc1ccc([C@@H]2C=CCC[C@H]2OC(C)=O)cc1OC. The van der Waals surface area contributed by atoms with Crippen molar-refractivity contribution in [3.05, 3.63) is 35.9 Å². The first-order chi connectivity index (χ1) is 9.65. The van der Waals surface area contributed by atoms with E-state index in [1.165, 1.54) is 6.92 Å². The van der Waals surface area contributed by atoms with E-state index in [0.717, 1.165) is 18.4 Å². The molecule has 0 unspecified atom stereocenters. The number of hydrogen-bond acceptors (Lipinski definition) is 4. The van der Waals surface area contributed by atoms with Gasteiger partial charge in [0.05, 0.1) is 14.2 Å². The van der Waals surface area contributed by atoms with Crippen LogP contribution in [0.3, 0.4) is 0 Å². The average Bonchev–Trinajstić information content (AvgIpc) is 2.46. The molecule has 108 valence electrons. The normalized spacial score (nSPS) is 21.4. The highest BCUT2D eigenvalue weighted by atomic mass is 16.5. The first-order valence-electron chi connectivity index (χ1n) is 6.71. The van der Waals surface area contributed by atoms with Crippen molar-refractivity contribution in [1.82, 2.24) is 0 Å². The summed E-state index contributed by atoms with van der Waals surface area (Å²) in [6, 6.07) is 5.80. The lowest BCUT2D eigenvalue weighted by Gasteiger charge is -2.27. The Morgan fingerprint density at radius 2 is 1.95 bits per heavy atom. The number of rotatable bonds is 4. The number of carbonyl (C=O) groups is 1. The Balaban J connectivity index is 2.30. The summed E-state index contributed by atoms with van der Waals surface area (Å²) in [5, 5.41) is 0. The zero-order valence-electron chi connectivity index (χ0n) is 12.1. The zero-order valence-corrected chi connectivity index (χ0v) is 12.1. The molecule has 4 heteroatoms. The minimum atomic E-state index is -0.240. The van der Waals surface area contributed by atoms with Gasteiger partial charge in [-0.05, 0) is 30.5 Å². The topological polar surface area (TPSA) is 44.8 Å². The van der Waals surface area contributed by atoms with Crippen molar-refractivity contribution in [1.29, 1.82) is 0 Å². The summed E-state index contributed by atoms with van der Waals surface area (Å²) >= 11 is 0. The van der Waals surface area contributed by atoms with Gasteiger partial charge in [-0.15, -0.1) is 0 Å². The summed E-state index contributed by atoms with van der Waals surface area (Å²) in [7, 11) is 3.22. The molecular formula is C16H20O4. The second-order valence-electron chi connectivity index (χ2n) is 4.79. The van der Waals surface area contributed by atoms with E-state index in [2.05, 4.69) is 12.2 Å². The minimum absolute atomic E-state index is 0.0625. The fourth-order valence-corrected chi connectivity index (χ4v) is 2.54. The lowest BCUT2D eigenvalue weighted by atomic mass is 9.86. The molecule has 0 saturated carbocycles. The molecule has 1 aliphatic rings. The van der Waals surface area contributed by atoms with Crippen LogP contribution >= 0.6 is 0 Å². The number of esters is 1. The molecule has 0 spiro atoms. The molecule has 1 aromatic carbocycles. The van der Waals surface area contributed by atoms with Crippen molar-refractivity contribution in [2.45, 2.75) is 31.8 Å². The summed E-state index contributed by atoms with van der Waals surface area (Å²) < 4.78 is 16.0. The monoisotopic (exact) mass is 276 g/mol. The Hall–Kier alpha value is -1.97. The third-order valence-corrected chi connectivity index (χ3v) is 3.47. The molecule has 0 radical (unpaired) electrons. The highest BCUT2D eigenvalue weighted by Crippen LogP contribution is 2.35. The van der Waals surface area contributed by atoms with Crippen molar-refractivity contribution < 1.29 is 19.0 Å². The molecule has 2 rings (SSSR count). The number of carbonyl (C=O) groups excluding carboxylic acids is 1. The molecule has 0 aromatic heterocycles. The Labute approximate surface area is 119 Å². The number of benzene rings is 1. The van der Waals surface area contributed by atoms with Crippen molar-refractivity contribution in [2.24, 2.45) is 0 Å². The number of ether oxygens (including phenoxy) is 3. The predicted molar refractivity (Wildman–Crippen MR) is 76.2 cm³/mol. The Morgan fingerprint density at radius 3 is 2.60 bits per heavy atom. The van der Waals surface area contributed by atoms with Crippen molar-refractivity contribution >= 4 is 5.97 Å². The van der Waals surface area contributed by atoms with Crippen molar-refractivity contribution in [3.8, 4) is 11.5 Å². The molecule has 0 saturated heterocycles. The molecule has 20 heavy (non-hydrogen) atoms. The summed E-state index contributed by atoms with van der Waals surface area (Å²) in [5.74, 6) is 1.20.